The molecule has 0 radical (unpaired) electrons. The summed E-state index contributed by atoms with van der Waals surface area (Å²) in [6.07, 6.45) is 1.03. The molecule has 0 fully saturated rings. The van der Waals surface area contributed by atoms with Crippen LogP contribution in [0.5, 0.6) is 0 Å². The molecule has 3 N–H and O–H groups in total. The van der Waals surface area contributed by atoms with Crippen molar-refractivity contribution in [1.29, 1.82) is 0 Å². The SMILES string of the molecule is CN(C)c1ccc(Cl)cc1NC(=O)CCC(C)(C)N. The zero-order valence-electron chi connectivity index (χ0n) is 12.0. The van der Waals surface area contributed by atoms with E-state index in [1.54, 1.807) is 12.1 Å². The molecule has 0 spiro atoms. The second-order valence-electron chi connectivity index (χ2n) is 5.59. The van der Waals surface area contributed by atoms with Gasteiger partial charge in [-0.3, -0.25) is 4.79 Å². The molecule has 0 aliphatic rings. The Morgan fingerprint density at radius 3 is 2.58 bits per heavy atom. The fraction of sp³-hybridized carbons (Fsp3) is 0.500. The largest absolute Gasteiger partial charge is 0.376 e. The van der Waals surface area contributed by atoms with Crippen LogP contribution < -0.4 is 16.0 Å². The zero-order valence-corrected chi connectivity index (χ0v) is 12.7. The minimum Gasteiger partial charge on any atom is -0.376 e. The Morgan fingerprint density at radius 1 is 1.42 bits per heavy atom. The Balaban J connectivity index is 2.76. The van der Waals surface area contributed by atoms with E-state index >= 15 is 0 Å². The Morgan fingerprint density at radius 2 is 2.05 bits per heavy atom. The summed E-state index contributed by atoms with van der Waals surface area (Å²) in [6, 6.07) is 5.43. The second-order valence-corrected chi connectivity index (χ2v) is 6.03. The minimum atomic E-state index is -0.337. The molecule has 0 aromatic heterocycles. The molecule has 0 saturated carbocycles. The van der Waals surface area contributed by atoms with Crippen LogP contribution in [0, 0.1) is 0 Å². The number of benzene rings is 1. The smallest absolute Gasteiger partial charge is 0.224 e. The van der Waals surface area contributed by atoms with Gasteiger partial charge in [0.15, 0.2) is 0 Å². The van der Waals surface area contributed by atoms with Crippen molar-refractivity contribution in [3.05, 3.63) is 23.2 Å². The van der Waals surface area contributed by atoms with E-state index in [9.17, 15) is 4.79 Å². The van der Waals surface area contributed by atoms with Crippen molar-refractivity contribution in [3.63, 3.8) is 0 Å². The minimum absolute atomic E-state index is 0.0520. The molecule has 1 aromatic rings. The molecule has 5 heteroatoms. The first kappa shape index (κ1) is 15.8. The molecule has 0 aliphatic heterocycles. The summed E-state index contributed by atoms with van der Waals surface area (Å²) in [5, 5.41) is 3.48. The van der Waals surface area contributed by atoms with E-state index in [2.05, 4.69) is 5.32 Å². The lowest BCUT2D eigenvalue weighted by atomic mass is 10.00. The first-order valence-electron chi connectivity index (χ1n) is 6.24. The molecule has 1 aromatic carbocycles. The predicted molar refractivity (Wildman–Crippen MR) is 81.9 cm³/mol. The molecule has 0 atom stereocenters. The number of amides is 1. The highest BCUT2D eigenvalue weighted by atomic mass is 35.5. The average Bonchev–Trinajstić information content (AvgIpc) is 2.25. The molecule has 4 nitrogen and oxygen atoms in total. The summed E-state index contributed by atoms with van der Waals surface area (Å²) in [5.41, 5.74) is 7.17. The van der Waals surface area contributed by atoms with Gasteiger partial charge in [0.2, 0.25) is 5.91 Å². The van der Waals surface area contributed by atoms with Crippen LogP contribution in [-0.4, -0.2) is 25.5 Å². The summed E-state index contributed by atoms with van der Waals surface area (Å²) in [7, 11) is 3.84. The van der Waals surface area contributed by atoms with Gasteiger partial charge >= 0.3 is 0 Å². The Labute approximate surface area is 119 Å². The van der Waals surface area contributed by atoms with E-state index in [1.165, 1.54) is 0 Å². The fourth-order valence-electron chi connectivity index (χ4n) is 1.65. The first-order valence-corrected chi connectivity index (χ1v) is 6.62. The van der Waals surface area contributed by atoms with Crippen molar-refractivity contribution in [3.8, 4) is 0 Å². The molecule has 0 bridgehead atoms. The number of nitrogens with two attached hydrogens (primary N) is 1. The number of hydrogen-bond donors (Lipinski definition) is 2. The Kier molecular flexibility index (Phi) is 5.20. The number of carbonyl (C=O) groups excluding carboxylic acids is 1. The van der Waals surface area contributed by atoms with Gasteiger partial charge in [-0.25, -0.2) is 0 Å². The second kappa shape index (κ2) is 6.26. The fourth-order valence-corrected chi connectivity index (χ4v) is 1.82. The van der Waals surface area contributed by atoms with Gasteiger partial charge in [-0.1, -0.05) is 11.6 Å². The van der Waals surface area contributed by atoms with Crippen LogP contribution >= 0.6 is 11.6 Å². The standard InChI is InChI=1S/C14H22ClN3O/c1-14(2,16)8-7-13(19)17-11-9-10(15)5-6-12(11)18(3)4/h5-6,9H,7-8,16H2,1-4H3,(H,17,19). The van der Waals surface area contributed by atoms with E-state index in [0.717, 1.165) is 11.4 Å². The average molecular weight is 284 g/mol. The quantitative estimate of drug-likeness (QED) is 0.874. The predicted octanol–water partition coefficient (Wildman–Crippen LogP) is 2.86. The molecule has 106 valence electrons. The van der Waals surface area contributed by atoms with Crippen LogP contribution in [0.2, 0.25) is 5.02 Å². The number of nitrogens with zero attached hydrogens (tertiary/aromatic N) is 1. The molecule has 0 saturated heterocycles. The van der Waals surface area contributed by atoms with Gasteiger partial charge in [0.25, 0.3) is 0 Å². The topological polar surface area (TPSA) is 58.4 Å². The highest BCUT2D eigenvalue weighted by molar-refractivity contribution is 6.31. The van der Waals surface area contributed by atoms with Crippen molar-refractivity contribution in [2.75, 3.05) is 24.3 Å². The maximum absolute atomic E-state index is 11.9. The lowest BCUT2D eigenvalue weighted by molar-refractivity contribution is -0.116. The van der Waals surface area contributed by atoms with E-state index < -0.39 is 0 Å². The van der Waals surface area contributed by atoms with Gasteiger partial charge < -0.3 is 16.0 Å². The van der Waals surface area contributed by atoms with Gasteiger partial charge in [-0.05, 0) is 38.5 Å². The maximum atomic E-state index is 11.9. The van der Waals surface area contributed by atoms with Crippen LogP contribution in [0.3, 0.4) is 0 Å². The van der Waals surface area contributed by atoms with Gasteiger partial charge in [0.05, 0.1) is 11.4 Å². The van der Waals surface area contributed by atoms with Crippen molar-refractivity contribution in [2.24, 2.45) is 5.73 Å². The molecular formula is C14H22ClN3O. The van der Waals surface area contributed by atoms with E-state index in [-0.39, 0.29) is 11.4 Å². The van der Waals surface area contributed by atoms with Crippen LogP contribution in [0.15, 0.2) is 18.2 Å². The Bertz CT molecular complexity index is 452. The summed E-state index contributed by atoms with van der Waals surface area (Å²) >= 11 is 5.96. The highest BCUT2D eigenvalue weighted by Crippen LogP contribution is 2.28. The van der Waals surface area contributed by atoms with E-state index in [4.69, 9.17) is 17.3 Å². The molecule has 1 rings (SSSR count). The van der Waals surface area contributed by atoms with E-state index in [0.29, 0.717) is 17.9 Å². The van der Waals surface area contributed by atoms with Crippen LogP contribution in [0.1, 0.15) is 26.7 Å². The summed E-state index contributed by atoms with van der Waals surface area (Å²) in [4.78, 5) is 13.8. The van der Waals surface area contributed by atoms with Crippen LogP contribution in [-0.2, 0) is 4.79 Å². The van der Waals surface area contributed by atoms with Gasteiger partial charge in [-0.2, -0.15) is 0 Å². The third-order valence-electron chi connectivity index (χ3n) is 2.71. The van der Waals surface area contributed by atoms with Crippen molar-refractivity contribution >= 4 is 28.9 Å². The van der Waals surface area contributed by atoms with Crippen molar-refractivity contribution in [1.82, 2.24) is 0 Å². The van der Waals surface area contributed by atoms with Gasteiger partial charge in [-0.15, -0.1) is 0 Å². The number of anilines is 2. The van der Waals surface area contributed by atoms with E-state index in [1.807, 2.05) is 38.9 Å². The number of rotatable bonds is 5. The number of nitrogens with one attached hydrogen (secondary N) is 1. The summed E-state index contributed by atoms with van der Waals surface area (Å²) in [5.74, 6) is -0.0520. The summed E-state index contributed by atoms with van der Waals surface area (Å²) in [6.45, 7) is 3.82. The van der Waals surface area contributed by atoms with Gasteiger partial charge in [0.1, 0.15) is 0 Å². The normalized spacial score (nSPS) is 11.3. The first-order chi connectivity index (χ1) is 8.69. The molecule has 0 aliphatic carbocycles. The van der Waals surface area contributed by atoms with Crippen LogP contribution in [0.4, 0.5) is 11.4 Å². The number of halogens is 1. The monoisotopic (exact) mass is 283 g/mol. The lowest BCUT2D eigenvalue weighted by Crippen LogP contribution is -2.33. The van der Waals surface area contributed by atoms with Crippen molar-refractivity contribution in [2.45, 2.75) is 32.2 Å². The Hall–Kier alpha value is -1.26. The molecular weight excluding hydrogens is 262 g/mol. The highest BCUT2D eigenvalue weighted by Gasteiger charge is 2.14. The molecule has 0 heterocycles. The van der Waals surface area contributed by atoms with Gasteiger partial charge in [0, 0.05) is 31.1 Å². The maximum Gasteiger partial charge on any atom is 0.224 e. The molecule has 19 heavy (non-hydrogen) atoms. The third-order valence-corrected chi connectivity index (χ3v) is 2.95. The summed E-state index contributed by atoms with van der Waals surface area (Å²) < 4.78 is 0. The van der Waals surface area contributed by atoms with Crippen LogP contribution in [0.25, 0.3) is 0 Å². The number of carbonyl (C=O) groups is 1. The number of hydrogen-bond acceptors (Lipinski definition) is 3. The lowest BCUT2D eigenvalue weighted by Gasteiger charge is -2.20. The molecule has 1 amide bonds. The third kappa shape index (κ3) is 5.49. The van der Waals surface area contributed by atoms with Crippen molar-refractivity contribution < 1.29 is 4.79 Å². The molecule has 0 unspecified atom stereocenters. The zero-order chi connectivity index (χ0) is 14.6.